The molecule has 0 unspecified atom stereocenters. The van der Waals surface area contributed by atoms with Gasteiger partial charge in [0.25, 0.3) is 0 Å². The van der Waals surface area contributed by atoms with Crippen LogP contribution < -0.4 is 0 Å². The van der Waals surface area contributed by atoms with Crippen molar-refractivity contribution in [2.75, 3.05) is 0 Å². The summed E-state index contributed by atoms with van der Waals surface area (Å²) >= 11 is 6.93. The van der Waals surface area contributed by atoms with E-state index < -0.39 is 6.10 Å². The van der Waals surface area contributed by atoms with Crippen molar-refractivity contribution >= 4 is 31.9 Å². The molecule has 0 amide bonds. The molecule has 0 bridgehead atoms. The quantitative estimate of drug-likeness (QED) is 0.558. The van der Waals surface area contributed by atoms with E-state index in [0.29, 0.717) is 6.42 Å². The summed E-state index contributed by atoms with van der Waals surface area (Å²) in [6.07, 6.45) is 11.4. The maximum absolute atomic E-state index is 9.96. The minimum absolute atomic E-state index is 0.0957. The summed E-state index contributed by atoms with van der Waals surface area (Å²) < 4.78 is 6.70. The van der Waals surface area contributed by atoms with Crippen molar-refractivity contribution in [1.29, 1.82) is 0 Å². The zero-order valence-electron chi connectivity index (χ0n) is 10.9. The predicted octanol–water partition coefficient (Wildman–Crippen LogP) is 4.24. The minimum Gasteiger partial charge on any atom is -0.465 e. The van der Waals surface area contributed by atoms with E-state index in [4.69, 9.17) is 10.8 Å². The van der Waals surface area contributed by atoms with E-state index in [2.05, 4.69) is 37.8 Å². The number of furan rings is 1. The summed E-state index contributed by atoms with van der Waals surface area (Å²) in [6, 6.07) is 1.93. The smallest absolute Gasteiger partial charge is 0.118 e. The number of alkyl halides is 1. The molecular weight excluding hydrogens is 372 g/mol. The lowest BCUT2D eigenvalue weighted by atomic mass is 10.1. The van der Waals surface area contributed by atoms with Gasteiger partial charge in [-0.15, -0.1) is 6.42 Å². The lowest BCUT2D eigenvalue weighted by molar-refractivity contribution is 0.164. The van der Waals surface area contributed by atoms with Crippen LogP contribution in [0, 0.1) is 12.3 Å². The Bertz CT molecular complexity index is 457. The van der Waals surface area contributed by atoms with E-state index in [-0.39, 0.29) is 4.83 Å². The lowest BCUT2D eigenvalue weighted by Gasteiger charge is -2.13. The van der Waals surface area contributed by atoms with Crippen molar-refractivity contribution in [3.63, 3.8) is 0 Å². The molecule has 0 saturated carbocycles. The Balaban J connectivity index is 2.58. The molecule has 4 heteroatoms. The molecule has 0 aliphatic carbocycles. The zero-order valence-corrected chi connectivity index (χ0v) is 14.1. The third-order valence-electron chi connectivity index (χ3n) is 2.78. The van der Waals surface area contributed by atoms with Crippen LogP contribution in [0.25, 0.3) is 0 Å². The fraction of sp³-hybridized carbons (Fsp3) is 0.467. The minimum atomic E-state index is -0.433. The van der Waals surface area contributed by atoms with E-state index >= 15 is 0 Å². The molecule has 1 heterocycles. The number of hydrogen-bond donors (Lipinski definition) is 1. The molecule has 0 aromatic carbocycles. The zero-order chi connectivity index (χ0) is 14.3. The fourth-order valence-corrected chi connectivity index (χ4v) is 2.42. The van der Waals surface area contributed by atoms with Gasteiger partial charge in [-0.05, 0) is 40.9 Å². The van der Waals surface area contributed by atoms with E-state index in [0.717, 1.165) is 35.3 Å². The van der Waals surface area contributed by atoms with Crippen LogP contribution in [0.1, 0.15) is 31.3 Å². The van der Waals surface area contributed by atoms with Gasteiger partial charge in [-0.1, -0.05) is 34.9 Å². The second-order valence-electron chi connectivity index (χ2n) is 4.29. The molecule has 0 aliphatic rings. The molecule has 0 aliphatic heterocycles. The van der Waals surface area contributed by atoms with E-state index in [1.165, 1.54) is 0 Å². The second kappa shape index (κ2) is 8.63. The average molecular weight is 390 g/mol. The van der Waals surface area contributed by atoms with Gasteiger partial charge in [-0.2, -0.15) is 0 Å². The highest BCUT2D eigenvalue weighted by Crippen LogP contribution is 2.25. The van der Waals surface area contributed by atoms with Gasteiger partial charge in [0.05, 0.1) is 10.6 Å². The van der Waals surface area contributed by atoms with Gasteiger partial charge in [0.2, 0.25) is 0 Å². The summed E-state index contributed by atoms with van der Waals surface area (Å²) in [5, 5.41) is 9.96. The number of aryl methyl sites for hydroxylation is 1. The summed E-state index contributed by atoms with van der Waals surface area (Å²) in [7, 11) is 0. The number of hydrogen-bond acceptors (Lipinski definition) is 2. The number of rotatable bonds is 7. The highest BCUT2D eigenvalue weighted by Gasteiger charge is 2.17. The average Bonchev–Trinajstić information content (AvgIpc) is 2.74. The van der Waals surface area contributed by atoms with Crippen LogP contribution in [0.15, 0.2) is 27.1 Å². The number of aliphatic hydroxyl groups excluding tert-OH is 1. The van der Waals surface area contributed by atoms with Crippen molar-refractivity contribution < 1.29 is 9.52 Å². The molecule has 104 valence electrons. The van der Waals surface area contributed by atoms with E-state index in [9.17, 15) is 5.11 Å². The molecule has 2 atom stereocenters. The van der Waals surface area contributed by atoms with Gasteiger partial charge in [0.1, 0.15) is 11.5 Å². The Hall–Kier alpha value is -0.500. The first kappa shape index (κ1) is 16.6. The predicted molar refractivity (Wildman–Crippen MR) is 85.4 cm³/mol. The molecule has 0 fully saturated rings. The van der Waals surface area contributed by atoms with Gasteiger partial charge >= 0.3 is 0 Å². The third-order valence-corrected chi connectivity index (χ3v) is 4.71. The molecule has 1 rings (SSSR count). The van der Waals surface area contributed by atoms with Crippen LogP contribution in [0.2, 0.25) is 0 Å². The van der Waals surface area contributed by atoms with Crippen molar-refractivity contribution in [3.05, 3.63) is 34.2 Å². The Morgan fingerprint density at radius 2 is 2.32 bits per heavy atom. The first-order valence-electron chi connectivity index (χ1n) is 6.28. The maximum atomic E-state index is 9.96. The third kappa shape index (κ3) is 5.56. The van der Waals surface area contributed by atoms with E-state index in [1.54, 1.807) is 6.08 Å². The highest BCUT2D eigenvalue weighted by atomic mass is 79.9. The van der Waals surface area contributed by atoms with Gasteiger partial charge in [0.15, 0.2) is 0 Å². The van der Waals surface area contributed by atoms with Crippen LogP contribution in [-0.4, -0.2) is 16.0 Å². The first-order valence-corrected chi connectivity index (χ1v) is 7.99. The Morgan fingerprint density at radius 3 is 2.95 bits per heavy atom. The number of allylic oxidation sites excluding steroid dienone is 2. The second-order valence-corrected chi connectivity index (χ2v) is 6.32. The van der Waals surface area contributed by atoms with Crippen molar-refractivity contribution in [2.45, 2.75) is 43.5 Å². The van der Waals surface area contributed by atoms with Crippen LogP contribution in [0.3, 0.4) is 0 Å². The maximum Gasteiger partial charge on any atom is 0.118 e. The lowest BCUT2D eigenvalue weighted by Crippen LogP contribution is -2.21. The SMILES string of the molecule is C#C/C=C\CCc1oc(C[C@H](O)[C@H](Br)CC)cc1Br. The van der Waals surface area contributed by atoms with Crippen molar-refractivity contribution in [2.24, 2.45) is 0 Å². The number of halogens is 2. The van der Waals surface area contributed by atoms with Crippen LogP contribution in [0.5, 0.6) is 0 Å². The summed E-state index contributed by atoms with van der Waals surface area (Å²) in [6.45, 7) is 2.03. The molecule has 1 aromatic rings. The fourth-order valence-electron chi connectivity index (χ4n) is 1.70. The molecule has 0 radical (unpaired) electrons. The summed E-state index contributed by atoms with van der Waals surface area (Å²) in [5.41, 5.74) is 0. The standard InChI is InChI=1S/C15H18Br2O2/c1-3-5-6-7-8-15-13(17)9-11(19-15)10-14(18)12(16)4-2/h1,5-6,9,12,14,18H,4,7-8,10H2,2H3/b6-5-/t12-,14+/m1/s1. The monoisotopic (exact) mass is 388 g/mol. The topological polar surface area (TPSA) is 33.4 Å². The van der Waals surface area contributed by atoms with Crippen molar-refractivity contribution in [3.8, 4) is 12.3 Å². The van der Waals surface area contributed by atoms with Crippen LogP contribution in [0.4, 0.5) is 0 Å². The molecular formula is C15H18Br2O2. The highest BCUT2D eigenvalue weighted by molar-refractivity contribution is 9.10. The molecule has 1 aromatic heterocycles. The van der Waals surface area contributed by atoms with Crippen LogP contribution in [-0.2, 0) is 12.8 Å². The normalized spacial score (nSPS) is 14.5. The summed E-state index contributed by atoms with van der Waals surface area (Å²) in [4.78, 5) is 0.0957. The Morgan fingerprint density at radius 1 is 1.58 bits per heavy atom. The Labute approximate surface area is 131 Å². The van der Waals surface area contributed by atoms with Gasteiger partial charge < -0.3 is 9.52 Å². The van der Waals surface area contributed by atoms with Crippen LogP contribution >= 0.6 is 31.9 Å². The summed E-state index contributed by atoms with van der Waals surface area (Å²) in [5.74, 6) is 4.15. The largest absolute Gasteiger partial charge is 0.465 e. The Kier molecular flexibility index (Phi) is 7.52. The number of aliphatic hydroxyl groups is 1. The van der Waals surface area contributed by atoms with Gasteiger partial charge in [0, 0.05) is 17.7 Å². The molecule has 19 heavy (non-hydrogen) atoms. The van der Waals surface area contributed by atoms with Crippen molar-refractivity contribution in [1.82, 2.24) is 0 Å². The first-order chi connectivity index (χ1) is 9.08. The molecule has 2 nitrogen and oxygen atoms in total. The molecule has 0 spiro atoms. The number of terminal acetylenes is 1. The van der Waals surface area contributed by atoms with Gasteiger partial charge in [-0.3, -0.25) is 0 Å². The van der Waals surface area contributed by atoms with E-state index in [1.807, 2.05) is 19.1 Å². The molecule has 1 N–H and O–H groups in total. The molecule has 0 saturated heterocycles. The van der Waals surface area contributed by atoms with Gasteiger partial charge in [-0.25, -0.2) is 0 Å².